The van der Waals surface area contributed by atoms with Crippen molar-refractivity contribution < 1.29 is 12.9 Å². The fraction of sp³-hybridized carbons (Fsp3) is 0.714. The Labute approximate surface area is 87.0 Å². The number of nitrogens with one attached hydrogen (secondary N) is 1. The topological polar surface area (TPSA) is 111 Å². The first-order valence-electron chi connectivity index (χ1n) is 4.57. The third-order valence-corrected chi connectivity index (χ3v) is 3.94. The Bertz CT molecular complexity index is 441. The van der Waals surface area contributed by atoms with E-state index in [4.69, 9.17) is 10.3 Å². The molecule has 1 aliphatic rings. The molecule has 0 aromatic carbocycles. The normalized spacial score (nSPS) is 25.2. The zero-order valence-corrected chi connectivity index (χ0v) is 8.83. The van der Waals surface area contributed by atoms with E-state index < -0.39 is 9.84 Å². The highest BCUT2D eigenvalue weighted by atomic mass is 32.2. The number of sulfone groups is 1. The Balaban J connectivity index is 2.01. The predicted molar refractivity (Wildman–Crippen MR) is 52.9 cm³/mol. The van der Waals surface area contributed by atoms with E-state index in [2.05, 4.69) is 15.5 Å². The van der Waals surface area contributed by atoms with Crippen molar-refractivity contribution in [2.75, 3.05) is 23.8 Å². The Hall–Kier alpha value is -1.15. The number of nitrogen functional groups attached to an aromatic ring is 1. The third-order valence-electron chi connectivity index (χ3n) is 2.21. The maximum absolute atomic E-state index is 11.3. The van der Waals surface area contributed by atoms with Crippen LogP contribution in [0.4, 0.5) is 5.95 Å². The Morgan fingerprint density at radius 1 is 1.60 bits per heavy atom. The van der Waals surface area contributed by atoms with Crippen LogP contribution in [0.5, 0.6) is 0 Å². The molecule has 7 nitrogen and oxygen atoms in total. The third kappa shape index (κ3) is 2.66. The number of hydrogen-bond acceptors (Lipinski definition) is 7. The van der Waals surface area contributed by atoms with Crippen molar-refractivity contribution in [2.24, 2.45) is 0 Å². The van der Waals surface area contributed by atoms with Crippen molar-refractivity contribution >= 4 is 15.8 Å². The van der Waals surface area contributed by atoms with Crippen LogP contribution in [0.3, 0.4) is 0 Å². The molecular weight excluding hydrogens is 220 g/mol. The van der Waals surface area contributed by atoms with Crippen LogP contribution < -0.4 is 11.1 Å². The molecule has 0 radical (unpaired) electrons. The maximum Gasteiger partial charge on any atom is 0.260 e. The molecule has 1 fully saturated rings. The molecule has 0 saturated carbocycles. The minimum Gasteiger partial charge on any atom is -0.365 e. The molecule has 84 valence electrons. The van der Waals surface area contributed by atoms with E-state index in [1.165, 1.54) is 0 Å². The zero-order valence-electron chi connectivity index (χ0n) is 8.01. The van der Waals surface area contributed by atoms with Gasteiger partial charge in [-0.15, -0.1) is 0 Å². The van der Waals surface area contributed by atoms with E-state index in [1.54, 1.807) is 0 Å². The number of nitrogens with two attached hydrogens (primary N) is 1. The molecule has 1 aliphatic heterocycles. The van der Waals surface area contributed by atoms with Crippen LogP contribution in [-0.4, -0.2) is 42.7 Å². The Kier molecular flexibility index (Phi) is 2.61. The summed E-state index contributed by atoms with van der Waals surface area (Å²) in [6, 6.07) is -0.163. The van der Waals surface area contributed by atoms with E-state index in [1.807, 2.05) is 0 Å². The summed E-state index contributed by atoms with van der Waals surface area (Å²) in [5.41, 5.74) is 5.28. The van der Waals surface area contributed by atoms with Gasteiger partial charge in [0.15, 0.2) is 9.84 Å². The lowest BCUT2D eigenvalue weighted by atomic mass is 10.2. The average Bonchev–Trinajstić information content (AvgIpc) is 2.49. The smallest absolute Gasteiger partial charge is 0.260 e. The van der Waals surface area contributed by atoms with Crippen LogP contribution in [-0.2, 0) is 16.3 Å². The van der Waals surface area contributed by atoms with E-state index >= 15 is 0 Å². The lowest BCUT2D eigenvalue weighted by Crippen LogP contribution is -2.46. The minimum absolute atomic E-state index is 0.0728. The highest BCUT2D eigenvalue weighted by Crippen LogP contribution is 2.08. The van der Waals surface area contributed by atoms with Crippen LogP contribution in [0, 0.1) is 0 Å². The van der Waals surface area contributed by atoms with Crippen LogP contribution in [0.25, 0.3) is 0 Å². The minimum atomic E-state index is -2.93. The molecule has 2 heterocycles. The largest absolute Gasteiger partial charge is 0.365 e. The molecule has 0 bridgehead atoms. The molecule has 15 heavy (non-hydrogen) atoms. The van der Waals surface area contributed by atoms with Gasteiger partial charge in [-0.05, 0) is 5.16 Å². The van der Waals surface area contributed by atoms with Gasteiger partial charge in [0.05, 0.1) is 11.5 Å². The summed E-state index contributed by atoms with van der Waals surface area (Å²) in [4.78, 5) is 3.82. The lowest BCUT2D eigenvalue weighted by molar-refractivity contribution is 0.361. The highest BCUT2D eigenvalue weighted by Gasteiger charge is 2.25. The second kappa shape index (κ2) is 3.78. The van der Waals surface area contributed by atoms with E-state index in [0.29, 0.717) is 18.9 Å². The van der Waals surface area contributed by atoms with Crippen molar-refractivity contribution in [3.63, 3.8) is 0 Å². The summed E-state index contributed by atoms with van der Waals surface area (Å²) in [5, 5.41) is 6.52. The second-order valence-corrected chi connectivity index (χ2v) is 5.74. The van der Waals surface area contributed by atoms with Gasteiger partial charge < -0.3 is 15.6 Å². The van der Waals surface area contributed by atoms with Gasteiger partial charge in [0.1, 0.15) is 0 Å². The van der Waals surface area contributed by atoms with Crippen LogP contribution >= 0.6 is 0 Å². The van der Waals surface area contributed by atoms with Gasteiger partial charge >= 0.3 is 0 Å². The fourth-order valence-electron chi connectivity index (χ4n) is 1.56. The molecule has 3 N–H and O–H groups in total. The molecule has 0 amide bonds. The quantitative estimate of drug-likeness (QED) is 0.643. The highest BCUT2D eigenvalue weighted by molar-refractivity contribution is 7.91. The van der Waals surface area contributed by atoms with Gasteiger partial charge in [0.2, 0.25) is 5.89 Å². The van der Waals surface area contributed by atoms with Gasteiger partial charge in [-0.25, -0.2) is 8.42 Å². The first-order chi connectivity index (χ1) is 7.05. The summed E-state index contributed by atoms with van der Waals surface area (Å²) in [6.07, 6.45) is 0.392. The van der Waals surface area contributed by atoms with Crippen molar-refractivity contribution in [3.8, 4) is 0 Å². The van der Waals surface area contributed by atoms with Gasteiger partial charge in [0, 0.05) is 19.0 Å². The molecule has 1 unspecified atom stereocenters. The van der Waals surface area contributed by atoms with Gasteiger partial charge in [-0.3, -0.25) is 0 Å². The van der Waals surface area contributed by atoms with E-state index in [9.17, 15) is 8.42 Å². The van der Waals surface area contributed by atoms with E-state index in [0.717, 1.165) is 0 Å². The average molecular weight is 232 g/mol. The summed E-state index contributed by atoms with van der Waals surface area (Å²) in [6.45, 7) is 0.469. The van der Waals surface area contributed by atoms with Crippen molar-refractivity contribution in [1.82, 2.24) is 15.5 Å². The van der Waals surface area contributed by atoms with Crippen molar-refractivity contribution in [3.05, 3.63) is 5.89 Å². The maximum atomic E-state index is 11.3. The number of rotatable bonds is 2. The van der Waals surface area contributed by atoms with Crippen molar-refractivity contribution in [1.29, 1.82) is 0 Å². The summed E-state index contributed by atoms with van der Waals surface area (Å²) in [7, 11) is -2.93. The molecule has 2 rings (SSSR count). The van der Waals surface area contributed by atoms with Gasteiger partial charge in [-0.1, -0.05) is 0 Å². The zero-order chi connectivity index (χ0) is 10.9. The standard InChI is InChI=1S/C7H12N4O3S/c8-7-10-6(14-11-7)3-5-4-15(12,13)2-1-9-5/h5,9H,1-4H2,(H2,8,11). The Morgan fingerprint density at radius 2 is 2.40 bits per heavy atom. The SMILES string of the molecule is Nc1noc(CC2CS(=O)(=O)CCN2)n1. The molecule has 0 spiro atoms. The molecule has 1 atom stereocenters. The van der Waals surface area contributed by atoms with Crippen molar-refractivity contribution in [2.45, 2.75) is 12.5 Å². The molecule has 0 aliphatic carbocycles. The van der Waals surface area contributed by atoms with E-state index in [-0.39, 0.29) is 23.5 Å². The molecule has 8 heteroatoms. The van der Waals surface area contributed by atoms with Crippen LogP contribution in [0.1, 0.15) is 5.89 Å². The van der Waals surface area contributed by atoms with Gasteiger partial charge in [0.25, 0.3) is 5.95 Å². The number of anilines is 1. The van der Waals surface area contributed by atoms with Gasteiger partial charge in [-0.2, -0.15) is 4.98 Å². The summed E-state index contributed by atoms with van der Waals surface area (Å²) < 4.78 is 27.5. The second-order valence-electron chi connectivity index (χ2n) is 3.52. The first kappa shape index (κ1) is 10.4. The molecule has 1 saturated heterocycles. The number of hydrogen-bond donors (Lipinski definition) is 2. The van der Waals surface area contributed by atoms with Crippen LogP contribution in [0.15, 0.2) is 4.52 Å². The number of aromatic nitrogens is 2. The lowest BCUT2D eigenvalue weighted by Gasteiger charge is -2.21. The molecular formula is C7H12N4O3S. The summed E-state index contributed by atoms with van der Waals surface area (Å²) in [5.74, 6) is 0.732. The molecule has 1 aromatic rings. The first-order valence-corrected chi connectivity index (χ1v) is 6.39. The summed E-state index contributed by atoms with van der Waals surface area (Å²) >= 11 is 0. The van der Waals surface area contributed by atoms with Crippen LogP contribution in [0.2, 0.25) is 0 Å². The monoisotopic (exact) mass is 232 g/mol. The predicted octanol–water partition coefficient (Wildman–Crippen LogP) is -1.42. The fourth-order valence-corrected chi connectivity index (χ4v) is 3.00. The molecule has 1 aromatic heterocycles. The Morgan fingerprint density at radius 3 is 3.00 bits per heavy atom. The number of nitrogens with zero attached hydrogens (tertiary/aromatic N) is 2.